The molecule has 0 aromatic heterocycles. The van der Waals surface area contributed by atoms with Crippen LogP contribution in [0.4, 0.5) is 5.69 Å². The fraction of sp³-hybridized carbons (Fsp3) is 0.500. The molecule has 0 atom stereocenters. The predicted molar refractivity (Wildman–Crippen MR) is 79.4 cm³/mol. The van der Waals surface area contributed by atoms with E-state index >= 15 is 0 Å². The van der Waals surface area contributed by atoms with Crippen LogP contribution in [-0.2, 0) is 9.59 Å². The van der Waals surface area contributed by atoms with Gasteiger partial charge in [0, 0.05) is 11.2 Å². The van der Waals surface area contributed by atoms with Crippen molar-refractivity contribution in [3.8, 4) is 0 Å². The van der Waals surface area contributed by atoms with Gasteiger partial charge in [-0.3, -0.25) is 9.59 Å². The fourth-order valence-corrected chi connectivity index (χ4v) is 2.03. The zero-order chi connectivity index (χ0) is 15.0. The van der Waals surface area contributed by atoms with Crippen LogP contribution in [0.1, 0.15) is 39.2 Å². The Morgan fingerprint density at radius 2 is 1.60 bits per heavy atom. The van der Waals surface area contributed by atoms with Gasteiger partial charge in [-0.1, -0.05) is 17.7 Å². The van der Waals surface area contributed by atoms with E-state index < -0.39 is 5.41 Å². The first-order chi connectivity index (χ1) is 9.23. The highest BCUT2D eigenvalue weighted by Crippen LogP contribution is 2.47. The largest absolute Gasteiger partial charge is 0.351 e. The number of hydrogen-bond acceptors (Lipinski definition) is 2. The Morgan fingerprint density at radius 1 is 1.05 bits per heavy atom. The highest BCUT2D eigenvalue weighted by Gasteiger charge is 2.57. The van der Waals surface area contributed by atoms with Crippen LogP contribution >= 0.6 is 0 Å². The molecule has 108 valence electrons. The monoisotopic (exact) mass is 274 g/mol. The molecule has 0 radical (unpaired) electrons. The summed E-state index contributed by atoms with van der Waals surface area (Å²) in [5, 5.41) is 5.74. The molecule has 0 aliphatic heterocycles. The summed E-state index contributed by atoms with van der Waals surface area (Å²) < 4.78 is 0. The molecular weight excluding hydrogens is 252 g/mol. The van der Waals surface area contributed by atoms with Crippen LogP contribution in [0.5, 0.6) is 0 Å². The number of rotatable bonds is 3. The van der Waals surface area contributed by atoms with Crippen molar-refractivity contribution in [2.45, 2.75) is 46.1 Å². The Morgan fingerprint density at radius 3 is 2.05 bits per heavy atom. The second-order valence-corrected chi connectivity index (χ2v) is 6.61. The van der Waals surface area contributed by atoms with Gasteiger partial charge in [0.1, 0.15) is 5.41 Å². The van der Waals surface area contributed by atoms with Gasteiger partial charge < -0.3 is 10.6 Å². The van der Waals surface area contributed by atoms with Crippen molar-refractivity contribution in [1.82, 2.24) is 5.32 Å². The maximum atomic E-state index is 12.3. The van der Waals surface area contributed by atoms with Gasteiger partial charge in [-0.2, -0.15) is 0 Å². The van der Waals surface area contributed by atoms with Gasteiger partial charge in [-0.25, -0.2) is 0 Å². The Balaban J connectivity index is 2.05. The molecule has 1 aromatic carbocycles. The molecule has 0 unspecified atom stereocenters. The van der Waals surface area contributed by atoms with Gasteiger partial charge in [0.2, 0.25) is 11.8 Å². The topological polar surface area (TPSA) is 58.2 Å². The lowest BCUT2D eigenvalue weighted by Gasteiger charge is -2.24. The van der Waals surface area contributed by atoms with Crippen LogP contribution < -0.4 is 10.6 Å². The maximum absolute atomic E-state index is 12.3. The molecule has 4 heteroatoms. The van der Waals surface area contributed by atoms with Gasteiger partial charge in [0.05, 0.1) is 0 Å². The maximum Gasteiger partial charge on any atom is 0.240 e. The van der Waals surface area contributed by atoms with E-state index in [0.717, 1.165) is 11.3 Å². The Hall–Kier alpha value is -1.84. The molecule has 0 spiro atoms. The molecule has 0 heterocycles. The molecule has 1 fully saturated rings. The van der Waals surface area contributed by atoms with E-state index in [1.807, 2.05) is 52.0 Å². The van der Waals surface area contributed by atoms with Crippen molar-refractivity contribution < 1.29 is 9.59 Å². The lowest BCUT2D eigenvalue weighted by molar-refractivity contribution is -0.135. The molecule has 1 aromatic rings. The number of carbonyl (C=O) groups excluding carboxylic acids is 2. The van der Waals surface area contributed by atoms with E-state index in [9.17, 15) is 9.59 Å². The molecule has 4 nitrogen and oxygen atoms in total. The third-order valence-corrected chi connectivity index (χ3v) is 3.42. The van der Waals surface area contributed by atoms with Crippen molar-refractivity contribution in [3.63, 3.8) is 0 Å². The molecule has 2 amide bonds. The molecule has 2 N–H and O–H groups in total. The summed E-state index contributed by atoms with van der Waals surface area (Å²) >= 11 is 0. The quantitative estimate of drug-likeness (QED) is 0.832. The van der Waals surface area contributed by atoms with Crippen molar-refractivity contribution in [2.24, 2.45) is 5.41 Å². The second kappa shape index (κ2) is 4.93. The van der Waals surface area contributed by atoms with E-state index in [0.29, 0.717) is 12.8 Å². The lowest BCUT2D eigenvalue weighted by atomic mass is 10.0. The average Bonchev–Trinajstić information content (AvgIpc) is 3.11. The first kappa shape index (κ1) is 14.6. The number of amides is 2. The van der Waals surface area contributed by atoms with E-state index in [1.165, 1.54) is 0 Å². The van der Waals surface area contributed by atoms with Gasteiger partial charge in [0.25, 0.3) is 0 Å². The third-order valence-electron chi connectivity index (χ3n) is 3.42. The second-order valence-electron chi connectivity index (χ2n) is 6.61. The summed E-state index contributed by atoms with van der Waals surface area (Å²) in [6.45, 7) is 7.74. The number of carbonyl (C=O) groups is 2. The first-order valence-corrected chi connectivity index (χ1v) is 6.94. The lowest BCUT2D eigenvalue weighted by Crippen LogP contribution is -2.48. The van der Waals surface area contributed by atoms with Crippen molar-refractivity contribution in [3.05, 3.63) is 29.8 Å². The zero-order valence-electron chi connectivity index (χ0n) is 12.5. The summed E-state index contributed by atoms with van der Waals surface area (Å²) in [5.74, 6) is -0.377. The number of nitrogens with one attached hydrogen (secondary N) is 2. The normalized spacial score (nSPS) is 16.4. The summed E-state index contributed by atoms with van der Waals surface area (Å²) in [7, 11) is 0. The van der Waals surface area contributed by atoms with Crippen molar-refractivity contribution in [1.29, 1.82) is 0 Å². The average molecular weight is 274 g/mol. The minimum atomic E-state index is -0.877. The van der Waals surface area contributed by atoms with Crippen LogP contribution in [0.2, 0.25) is 0 Å². The SMILES string of the molecule is Cc1ccc(NC(=O)C2(C(=O)NC(C)(C)C)CC2)cc1. The standard InChI is InChI=1S/C16H22N2O2/c1-11-5-7-12(8-6-11)17-13(19)16(9-10-16)14(20)18-15(2,3)4/h5-8H,9-10H2,1-4H3,(H,17,19)(H,18,20). The first-order valence-electron chi connectivity index (χ1n) is 6.94. The molecule has 2 rings (SSSR count). The zero-order valence-corrected chi connectivity index (χ0v) is 12.5. The van der Waals surface area contributed by atoms with Gasteiger partial charge >= 0.3 is 0 Å². The smallest absolute Gasteiger partial charge is 0.240 e. The van der Waals surface area contributed by atoms with Crippen molar-refractivity contribution >= 4 is 17.5 Å². The number of hydrogen-bond donors (Lipinski definition) is 2. The molecule has 1 saturated carbocycles. The Labute approximate surface area is 119 Å². The summed E-state index contributed by atoms with van der Waals surface area (Å²) in [5.41, 5.74) is 0.666. The van der Waals surface area contributed by atoms with Crippen molar-refractivity contribution in [2.75, 3.05) is 5.32 Å². The minimum absolute atomic E-state index is 0.172. The van der Waals surface area contributed by atoms with Gasteiger partial charge in [0.15, 0.2) is 0 Å². The fourth-order valence-electron chi connectivity index (χ4n) is 2.03. The molecule has 0 bridgehead atoms. The highest BCUT2D eigenvalue weighted by atomic mass is 16.2. The van der Waals surface area contributed by atoms with Gasteiger partial charge in [-0.15, -0.1) is 0 Å². The van der Waals surface area contributed by atoms with Gasteiger partial charge in [-0.05, 0) is 52.7 Å². The molecule has 1 aliphatic rings. The van der Waals surface area contributed by atoms with Crippen LogP contribution in [0, 0.1) is 12.3 Å². The molecule has 1 aliphatic carbocycles. The molecule has 0 saturated heterocycles. The van der Waals surface area contributed by atoms with Crippen LogP contribution in [0.3, 0.4) is 0 Å². The Kier molecular flexibility index (Phi) is 3.59. The third kappa shape index (κ3) is 3.18. The van der Waals surface area contributed by atoms with E-state index in [2.05, 4.69) is 10.6 Å². The van der Waals surface area contributed by atoms with E-state index in [4.69, 9.17) is 0 Å². The minimum Gasteiger partial charge on any atom is -0.351 e. The number of anilines is 1. The molecule has 20 heavy (non-hydrogen) atoms. The highest BCUT2D eigenvalue weighted by molar-refractivity contribution is 6.13. The van der Waals surface area contributed by atoms with Crippen LogP contribution in [-0.4, -0.2) is 17.4 Å². The van der Waals surface area contributed by atoms with Crippen LogP contribution in [0.25, 0.3) is 0 Å². The van der Waals surface area contributed by atoms with E-state index in [1.54, 1.807) is 0 Å². The molecular formula is C16H22N2O2. The van der Waals surface area contributed by atoms with Crippen LogP contribution in [0.15, 0.2) is 24.3 Å². The summed E-state index contributed by atoms with van der Waals surface area (Å²) in [6, 6.07) is 7.57. The predicted octanol–water partition coefficient (Wildman–Crippen LogP) is 2.63. The summed E-state index contributed by atoms with van der Waals surface area (Å²) in [4.78, 5) is 24.6. The number of benzene rings is 1. The Bertz CT molecular complexity index is 522. The van der Waals surface area contributed by atoms with E-state index in [-0.39, 0.29) is 17.4 Å². The number of aryl methyl sites for hydroxylation is 1. The summed E-state index contributed by atoms with van der Waals surface area (Å²) in [6.07, 6.45) is 1.24.